The minimum absolute atomic E-state index is 0.169. The fourth-order valence-electron chi connectivity index (χ4n) is 7.56. The second kappa shape index (κ2) is 8.13. The number of ether oxygens (including phenoxy) is 1. The number of rotatable bonds is 3. The van der Waals surface area contributed by atoms with E-state index >= 15 is 0 Å². The molecule has 3 aliphatic heterocycles. The number of carbonyl (C=O) groups is 1. The largest absolute Gasteiger partial charge is 0.381 e. The Hall–Kier alpha value is -1.39. The third-order valence-corrected chi connectivity index (χ3v) is 10.3. The van der Waals surface area contributed by atoms with Gasteiger partial charge in [0.15, 0.2) is 0 Å². The summed E-state index contributed by atoms with van der Waals surface area (Å²) in [4.78, 5) is 18.1. The Balaban J connectivity index is 1.33. The number of hydrogen-bond donors (Lipinski definition) is 0. The van der Waals surface area contributed by atoms with Gasteiger partial charge in [-0.2, -0.15) is 0 Å². The highest BCUT2D eigenvalue weighted by molar-refractivity contribution is 6.00. The third-order valence-electron chi connectivity index (χ3n) is 10.3. The molecule has 3 saturated heterocycles. The first-order valence-electron chi connectivity index (χ1n) is 13.0. The van der Waals surface area contributed by atoms with Gasteiger partial charge in [0.1, 0.15) is 0 Å². The van der Waals surface area contributed by atoms with E-state index < -0.39 is 0 Å². The average Bonchev–Trinajstić information content (AvgIpc) is 3.44. The average molecular weight is 439 g/mol. The number of likely N-dealkylation sites (tertiary alicyclic amines) is 1. The van der Waals surface area contributed by atoms with E-state index in [1.807, 2.05) is 4.90 Å². The first-order valence-corrected chi connectivity index (χ1v) is 13.0. The summed E-state index contributed by atoms with van der Waals surface area (Å²) in [6, 6.07) is 9.05. The van der Waals surface area contributed by atoms with Gasteiger partial charge in [-0.05, 0) is 99.9 Å². The van der Waals surface area contributed by atoms with Crippen molar-refractivity contribution < 1.29 is 9.53 Å². The predicted octanol–water partition coefficient (Wildman–Crippen LogP) is 5.61. The summed E-state index contributed by atoms with van der Waals surface area (Å²) in [6.07, 6.45) is 7.97. The van der Waals surface area contributed by atoms with Gasteiger partial charge in [-0.1, -0.05) is 32.9 Å². The van der Waals surface area contributed by atoms with Gasteiger partial charge in [0, 0.05) is 31.0 Å². The molecule has 5 rings (SSSR count). The highest BCUT2D eigenvalue weighted by Gasteiger charge is 2.52. The molecule has 1 amide bonds. The van der Waals surface area contributed by atoms with Gasteiger partial charge >= 0.3 is 0 Å². The molecule has 1 aromatic rings. The van der Waals surface area contributed by atoms with E-state index in [0.29, 0.717) is 23.3 Å². The lowest BCUT2D eigenvalue weighted by Gasteiger charge is -2.57. The van der Waals surface area contributed by atoms with Crippen LogP contribution in [-0.4, -0.2) is 49.2 Å². The van der Waals surface area contributed by atoms with Crippen molar-refractivity contribution in [1.82, 2.24) is 4.90 Å². The summed E-state index contributed by atoms with van der Waals surface area (Å²) in [6.45, 7) is 14.8. The highest BCUT2D eigenvalue weighted by Crippen LogP contribution is 2.56. The second-order valence-corrected chi connectivity index (χ2v) is 11.9. The lowest BCUT2D eigenvalue weighted by atomic mass is 9.54. The zero-order valence-corrected chi connectivity index (χ0v) is 20.7. The predicted molar refractivity (Wildman–Crippen MR) is 130 cm³/mol. The molecular formula is C28H42N2O2. The van der Waals surface area contributed by atoms with Gasteiger partial charge in [-0.3, -0.25) is 9.69 Å². The van der Waals surface area contributed by atoms with Gasteiger partial charge in [0.2, 0.25) is 5.91 Å². The smallest absolute Gasteiger partial charge is 0.233 e. The lowest BCUT2D eigenvalue weighted by molar-refractivity contribution is -0.130. The minimum atomic E-state index is -0.169. The van der Waals surface area contributed by atoms with Gasteiger partial charge in [0.05, 0.1) is 5.41 Å². The van der Waals surface area contributed by atoms with Crippen molar-refractivity contribution in [3.63, 3.8) is 0 Å². The zero-order chi connectivity index (χ0) is 22.6. The number of carbonyl (C=O) groups excluding carboxylic acids is 1. The van der Waals surface area contributed by atoms with E-state index in [1.165, 1.54) is 44.3 Å². The van der Waals surface area contributed by atoms with Gasteiger partial charge in [-0.25, -0.2) is 0 Å². The van der Waals surface area contributed by atoms with Crippen molar-refractivity contribution in [3.8, 4) is 0 Å². The van der Waals surface area contributed by atoms with Crippen molar-refractivity contribution in [2.24, 2.45) is 16.7 Å². The van der Waals surface area contributed by atoms with Crippen molar-refractivity contribution in [2.45, 2.75) is 84.1 Å². The van der Waals surface area contributed by atoms with Crippen molar-refractivity contribution >= 4 is 11.6 Å². The summed E-state index contributed by atoms with van der Waals surface area (Å²) in [5.41, 5.74) is 2.91. The molecule has 32 heavy (non-hydrogen) atoms. The lowest BCUT2D eigenvalue weighted by Crippen LogP contribution is -2.57. The van der Waals surface area contributed by atoms with Crippen LogP contribution in [0.4, 0.5) is 5.69 Å². The van der Waals surface area contributed by atoms with Crippen molar-refractivity contribution in [2.75, 3.05) is 37.7 Å². The Bertz CT molecular complexity index is 835. The Morgan fingerprint density at radius 2 is 1.56 bits per heavy atom. The molecule has 4 heteroatoms. The van der Waals surface area contributed by atoms with E-state index in [9.17, 15) is 4.79 Å². The van der Waals surface area contributed by atoms with Crippen LogP contribution in [0.5, 0.6) is 0 Å². The fourth-order valence-corrected chi connectivity index (χ4v) is 7.56. The molecule has 3 atom stereocenters. The Kier molecular flexibility index (Phi) is 5.69. The summed E-state index contributed by atoms with van der Waals surface area (Å²) < 4.78 is 5.53. The molecule has 1 aromatic carbocycles. The maximum absolute atomic E-state index is 13.3. The summed E-state index contributed by atoms with van der Waals surface area (Å²) >= 11 is 0. The quantitative estimate of drug-likeness (QED) is 0.614. The standard InChI is InChI=1S/C28H42N2O2/c1-21-26(2,3)24(11-12-27(21,4)29-16-5-6-17-29)22-7-9-23(10-8-22)30-18-13-28(25(30)31)14-19-32-20-15-28/h7-10,21,24H,5-6,11-20H2,1-4H3. The number of nitrogens with zero attached hydrogens (tertiary/aromatic N) is 2. The molecule has 4 nitrogen and oxygen atoms in total. The van der Waals surface area contributed by atoms with E-state index in [1.54, 1.807) is 0 Å². The van der Waals surface area contributed by atoms with Gasteiger partial charge in [0.25, 0.3) is 0 Å². The molecule has 4 aliphatic rings. The maximum atomic E-state index is 13.3. The van der Waals surface area contributed by atoms with Crippen molar-refractivity contribution in [1.29, 1.82) is 0 Å². The van der Waals surface area contributed by atoms with Crippen LogP contribution in [0.1, 0.15) is 84.1 Å². The molecule has 1 aliphatic carbocycles. The van der Waals surface area contributed by atoms with E-state index in [0.717, 1.165) is 44.7 Å². The van der Waals surface area contributed by atoms with Gasteiger partial charge < -0.3 is 9.64 Å². The van der Waals surface area contributed by atoms with E-state index in [4.69, 9.17) is 4.74 Å². The number of hydrogen-bond acceptors (Lipinski definition) is 3. The normalized spacial score (nSPS) is 35.0. The second-order valence-electron chi connectivity index (χ2n) is 11.9. The molecule has 3 unspecified atom stereocenters. The van der Waals surface area contributed by atoms with Crippen LogP contribution in [0.2, 0.25) is 0 Å². The highest BCUT2D eigenvalue weighted by atomic mass is 16.5. The molecule has 0 radical (unpaired) electrons. The van der Waals surface area contributed by atoms with Crippen molar-refractivity contribution in [3.05, 3.63) is 29.8 Å². The Morgan fingerprint density at radius 1 is 0.906 bits per heavy atom. The molecular weight excluding hydrogens is 396 g/mol. The van der Waals surface area contributed by atoms with Gasteiger partial charge in [-0.15, -0.1) is 0 Å². The minimum Gasteiger partial charge on any atom is -0.381 e. The summed E-state index contributed by atoms with van der Waals surface area (Å²) in [5, 5.41) is 0. The molecule has 1 saturated carbocycles. The fraction of sp³-hybridized carbons (Fsp3) is 0.750. The monoisotopic (exact) mass is 438 g/mol. The molecule has 1 spiro atoms. The number of anilines is 1. The Labute approximate surface area is 194 Å². The number of benzene rings is 1. The molecule has 4 fully saturated rings. The van der Waals surface area contributed by atoms with Crippen LogP contribution in [0.3, 0.4) is 0 Å². The van der Waals surface area contributed by atoms with E-state index in [2.05, 4.69) is 56.9 Å². The van der Waals surface area contributed by atoms with Crippen LogP contribution in [-0.2, 0) is 9.53 Å². The van der Waals surface area contributed by atoms with Crippen LogP contribution in [0.25, 0.3) is 0 Å². The topological polar surface area (TPSA) is 32.8 Å². The molecule has 0 aromatic heterocycles. The molecule has 3 heterocycles. The Morgan fingerprint density at radius 3 is 2.22 bits per heavy atom. The maximum Gasteiger partial charge on any atom is 0.233 e. The third kappa shape index (κ3) is 3.44. The summed E-state index contributed by atoms with van der Waals surface area (Å²) in [7, 11) is 0. The molecule has 176 valence electrons. The SMILES string of the molecule is CC1C(C)(C)C(c2ccc(N3CCC4(CCOCC4)C3=O)cc2)CCC1(C)N1CCCC1. The van der Waals surface area contributed by atoms with Crippen LogP contribution in [0.15, 0.2) is 24.3 Å². The zero-order valence-electron chi connectivity index (χ0n) is 20.7. The summed E-state index contributed by atoms with van der Waals surface area (Å²) in [5.74, 6) is 1.53. The molecule has 0 N–H and O–H groups in total. The van der Waals surface area contributed by atoms with E-state index in [-0.39, 0.29) is 10.8 Å². The number of amides is 1. The van der Waals surface area contributed by atoms with Crippen LogP contribution in [0, 0.1) is 16.7 Å². The first kappa shape index (κ1) is 22.4. The first-order chi connectivity index (χ1) is 15.3. The van der Waals surface area contributed by atoms with Crippen LogP contribution < -0.4 is 4.90 Å². The molecule has 0 bridgehead atoms. The van der Waals surface area contributed by atoms with Crippen LogP contribution >= 0.6 is 0 Å².